The highest BCUT2D eigenvalue weighted by Gasteiger charge is 2.14. The van der Waals surface area contributed by atoms with E-state index in [4.69, 9.17) is 5.73 Å². The first-order valence-corrected chi connectivity index (χ1v) is 7.24. The van der Waals surface area contributed by atoms with Crippen molar-refractivity contribution in [2.75, 3.05) is 5.32 Å². The predicted octanol–water partition coefficient (Wildman–Crippen LogP) is 2.77. The number of aryl methyl sites for hydroxylation is 1. The lowest BCUT2D eigenvalue weighted by atomic mass is 10.1. The zero-order valence-corrected chi connectivity index (χ0v) is 12.5. The second-order valence-electron chi connectivity index (χ2n) is 5.25. The third-order valence-corrected chi connectivity index (χ3v) is 3.50. The van der Waals surface area contributed by atoms with E-state index in [0.29, 0.717) is 12.4 Å². The van der Waals surface area contributed by atoms with Gasteiger partial charge in [0.2, 0.25) is 0 Å². The van der Waals surface area contributed by atoms with Gasteiger partial charge in [0, 0.05) is 5.69 Å². The van der Waals surface area contributed by atoms with Crippen molar-refractivity contribution in [3.63, 3.8) is 0 Å². The number of nitrogens with two attached hydrogens (primary N) is 1. The summed E-state index contributed by atoms with van der Waals surface area (Å²) >= 11 is 0. The molecule has 112 valence electrons. The minimum atomic E-state index is -0.317. The Morgan fingerprint density at radius 1 is 1.09 bits per heavy atom. The average molecular weight is 293 g/mol. The molecular weight excluding hydrogens is 274 g/mol. The quantitative estimate of drug-likeness (QED) is 0.676. The van der Waals surface area contributed by atoms with Gasteiger partial charge in [0.1, 0.15) is 5.82 Å². The molecule has 0 saturated heterocycles. The molecule has 0 amide bonds. The van der Waals surface area contributed by atoms with Crippen LogP contribution in [0.3, 0.4) is 0 Å². The van der Waals surface area contributed by atoms with Crippen LogP contribution in [-0.4, -0.2) is 15.2 Å². The van der Waals surface area contributed by atoms with Crippen LogP contribution in [-0.2, 0) is 6.54 Å². The van der Waals surface area contributed by atoms with E-state index >= 15 is 0 Å². The lowest BCUT2D eigenvalue weighted by molar-refractivity contribution is 0.786. The molecule has 0 bridgehead atoms. The summed E-state index contributed by atoms with van der Waals surface area (Å²) in [5.74, 6) is 1.37. The first-order valence-electron chi connectivity index (χ1n) is 7.24. The molecule has 5 heteroatoms. The number of hydrogen-bond acceptors (Lipinski definition) is 4. The number of nitrogens with one attached hydrogen (secondary N) is 2. The monoisotopic (exact) mass is 293 g/mol. The minimum Gasteiger partial charge on any atom is -0.378 e. The second kappa shape index (κ2) is 6.41. The highest BCUT2D eigenvalue weighted by atomic mass is 15.2. The Bertz CT molecular complexity index is 718. The van der Waals surface area contributed by atoms with Gasteiger partial charge in [-0.2, -0.15) is 5.10 Å². The fourth-order valence-corrected chi connectivity index (χ4v) is 2.19. The van der Waals surface area contributed by atoms with Gasteiger partial charge in [-0.3, -0.25) is 5.10 Å². The number of aromatic amines is 1. The lowest BCUT2D eigenvalue weighted by Gasteiger charge is -2.08. The van der Waals surface area contributed by atoms with Crippen molar-refractivity contribution in [2.24, 2.45) is 5.73 Å². The molecule has 1 atom stereocenters. The molecule has 22 heavy (non-hydrogen) atoms. The molecular formula is C17H19N5. The molecule has 0 fully saturated rings. The molecule has 0 saturated carbocycles. The molecule has 0 aliphatic rings. The summed E-state index contributed by atoms with van der Waals surface area (Å²) in [7, 11) is 0. The van der Waals surface area contributed by atoms with Crippen molar-refractivity contribution >= 4 is 5.69 Å². The Balaban J connectivity index is 1.66. The highest BCUT2D eigenvalue weighted by Crippen LogP contribution is 2.17. The van der Waals surface area contributed by atoms with Gasteiger partial charge < -0.3 is 11.1 Å². The van der Waals surface area contributed by atoms with Gasteiger partial charge in [0.15, 0.2) is 5.82 Å². The number of hydrogen-bond donors (Lipinski definition) is 3. The standard InChI is InChI=1S/C17H19N5/c1-12-7-9-13(10-8-12)16(18)17-20-15(21-22-17)11-19-14-5-3-2-4-6-14/h2-10,16,19H,11,18H2,1H3,(H,20,21,22)/t16-/m1/s1. The van der Waals surface area contributed by atoms with Crippen LogP contribution >= 0.6 is 0 Å². The number of benzene rings is 2. The maximum Gasteiger partial charge on any atom is 0.171 e. The molecule has 0 spiro atoms. The summed E-state index contributed by atoms with van der Waals surface area (Å²) in [4.78, 5) is 4.47. The lowest BCUT2D eigenvalue weighted by Crippen LogP contribution is -2.13. The van der Waals surface area contributed by atoms with E-state index < -0.39 is 0 Å². The fraction of sp³-hybridized carbons (Fsp3) is 0.176. The second-order valence-corrected chi connectivity index (χ2v) is 5.25. The van der Waals surface area contributed by atoms with Gasteiger partial charge in [-0.25, -0.2) is 4.98 Å². The number of anilines is 1. The molecule has 0 radical (unpaired) electrons. The van der Waals surface area contributed by atoms with Crippen molar-refractivity contribution in [3.8, 4) is 0 Å². The van der Waals surface area contributed by atoms with Crippen LogP contribution in [0.5, 0.6) is 0 Å². The van der Waals surface area contributed by atoms with E-state index in [-0.39, 0.29) is 6.04 Å². The van der Waals surface area contributed by atoms with Crippen LogP contribution in [0.2, 0.25) is 0 Å². The number of rotatable bonds is 5. The van der Waals surface area contributed by atoms with E-state index in [2.05, 4.69) is 27.4 Å². The molecule has 3 rings (SSSR count). The van der Waals surface area contributed by atoms with E-state index in [1.807, 2.05) is 54.6 Å². The van der Waals surface area contributed by atoms with Crippen molar-refractivity contribution < 1.29 is 0 Å². The van der Waals surface area contributed by atoms with Crippen LogP contribution in [0.4, 0.5) is 5.69 Å². The Kier molecular flexibility index (Phi) is 4.16. The van der Waals surface area contributed by atoms with Crippen molar-refractivity contribution in [1.29, 1.82) is 0 Å². The zero-order chi connectivity index (χ0) is 15.4. The molecule has 1 heterocycles. The van der Waals surface area contributed by atoms with Crippen LogP contribution in [0.25, 0.3) is 0 Å². The van der Waals surface area contributed by atoms with Gasteiger partial charge in [0.25, 0.3) is 0 Å². The maximum atomic E-state index is 6.22. The van der Waals surface area contributed by atoms with Gasteiger partial charge in [-0.1, -0.05) is 48.0 Å². The molecule has 2 aromatic carbocycles. The molecule has 1 aromatic heterocycles. The smallest absolute Gasteiger partial charge is 0.171 e. The maximum absolute atomic E-state index is 6.22. The Morgan fingerprint density at radius 2 is 1.82 bits per heavy atom. The number of nitrogens with zero attached hydrogens (tertiary/aromatic N) is 2. The third kappa shape index (κ3) is 3.32. The average Bonchev–Trinajstić information content (AvgIpc) is 3.03. The molecule has 0 aliphatic heterocycles. The van der Waals surface area contributed by atoms with Crippen LogP contribution in [0.1, 0.15) is 28.8 Å². The van der Waals surface area contributed by atoms with Crippen LogP contribution < -0.4 is 11.1 Å². The Morgan fingerprint density at radius 3 is 2.55 bits per heavy atom. The number of H-pyrrole nitrogens is 1. The molecule has 3 aromatic rings. The largest absolute Gasteiger partial charge is 0.378 e. The van der Waals surface area contributed by atoms with E-state index in [1.165, 1.54) is 5.56 Å². The molecule has 4 N–H and O–H groups in total. The van der Waals surface area contributed by atoms with Gasteiger partial charge in [-0.05, 0) is 24.6 Å². The van der Waals surface area contributed by atoms with Gasteiger partial charge >= 0.3 is 0 Å². The minimum absolute atomic E-state index is 0.317. The molecule has 0 unspecified atom stereocenters. The fourth-order valence-electron chi connectivity index (χ4n) is 2.19. The SMILES string of the molecule is Cc1ccc([C@@H](N)c2n[nH]c(CNc3ccccc3)n2)cc1. The predicted molar refractivity (Wildman–Crippen MR) is 87.4 cm³/mol. The first kappa shape index (κ1) is 14.3. The zero-order valence-electron chi connectivity index (χ0n) is 12.5. The van der Waals surface area contributed by atoms with Crippen LogP contribution in [0, 0.1) is 6.92 Å². The number of para-hydroxylation sites is 1. The summed E-state index contributed by atoms with van der Waals surface area (Å²) in [6.07, 6.45) is 0. The Labute approximate surface area is 129 Å². The number of aromatic nitrogens is 3. The normalized spacial score (nSPS) is 12.1. The van der Waals surface area contributed by atoms with E-state index in [1.54, 1.807) is 0 Å². The topological polar surface area (TPSA) is 79.6 Å². The summed E-state index contributed by atoms with van der Waals surface area (Å²) in [5, 5.41) is 10.4. The van der Waals surface area contributed by atoms with Gasteiger partial charge in [0.05, 0.1) is 12.6 Å². The highest BCUT2D eigenvalue weighted by molar-refractivity contribution is 5.42. The summed E-state index contributed by atoms with van der Waals surface area (Å²) in [5.41, 5.74) is 9.48. The van der Waals surface area contributed by atoms with Crippen LogP contribution in [0.15, 0.2) is 54.6 Å². The summed E-state index contributed by atoms with van der Waals surface area (Å²) in [6.45, 7) is 2.63. The summed E-state index contributed by atoms with van der Waals surface area (Å²) in [6, 6.07) is 17.8. The van der Waals surface area contributed by atoms with E-state index in [0.717, 1.165) is 17.1 Å². The molecule has 0 aliphatic carbocycles. The van der Waals surface area contributed by atoms with Gasteiger partial charge in [-0.15, -0.1) is 0 Å². The van der Waals surface area contributed by atoms with Crippen molar-refractivity contribution in [3.05, 3.63) is 77.4 Å². The summed E-state index contributed by atoms with van der Waals surface area (Å²) < 4.78 is 0. The third-order valence-electron chi connectivity index (χ3n) is 3.50. The molecule has 5 nitrogen and oxygen atoms in total. The Hall–Kier alpha value is -2.66. The van der Waals surface area contributed by atoms with Crippen molar-refractivity contribution in [2.45, 2.75) is 19.5 Å². The first-order chi connectivity index (χ1) is 10.7. The van der Waals surface area contributed by atoms with Crippen molar-refractivity contribution in [1.82, 2.24) is 15.2 Å². The van der Waals surface area contributed by atoms with E-state index in [9.17, 15) is 0 Å².